The number of fused-ring (bicyclic) bond motifs is 1. The highest BCUT2D eigenvalue weighted by atomic mass is 16.5. The second-order valence-corrected chi connectivity index (χ2v) is 9.06. The van der Waals surface area contributed by atoms with E-state index in [2.05, 4.69) is 36.9 Å². The second-order valence-electron chi connectivity index (χ2n) is 9.06. The number of rotatable bonds is 6. The summed E-state index contributed by atoms with van der Waals surface area (Å²) in [4.78, 5) is 2.89. The molecule has 2 nitrogen and oxygen atoms in total. The summed E-state index contributed by atoms with van der Waals surface area (Å²) in [5.41, 5.74) is 3.70. The highest BCUT2D eigenvalue weighted by Gasteiger charge is 2.53. The summed E-state index contributed by atoms with van der Waals surface area (Å²) in [6.07, 6.45) is 12.4. The molecule has 1 aromatic carbocycles. The molecule has 144 valence electrons. The molecule has 1 aromatic rings. The van der Waals surface area contributed by atoms with Crippen LogP contribution in [0.1, 0.15) is 76.3 Å². The zero-order valence-electron chi connectivity index (χ0n) is 17.1. The quantitative estimate of drug-likeness (QED) is 0.660. The van der Waals surface area contributed by atoms with Crippen LogP contribution in [0.4, 0.5) is 0 Å². The van der Waals surface area contributed by atoms with Gasteiger partial charge >= 0.3 is 0 Å². The molecule has 2 fully saturated rings. The molecule has 1 saturated carbocycles. The normalized spacial score (nSPS) is 30.8. The Balaban J connectivity index is 1.63. The Bertz CT molecular complexity index is 623. The first-order valence-corrected chi connectivity index (χ1v) is 11.1. The minimum atomic E-state index is 0.441. The molecule has 0 N–H and O–H groups in total. The molecule has 0 amide bonds. The van der Waals surface area contributed by atoms with Gasteiger partial charge in [0, 0.05) is 11.5 Å². The van der Waals surface area contributed by atoms with Crippen molar-refractivity contribution in [3.05, 3.63) is 29.3 Å². The van der Waals surface area contributed by atoms with Crippen molar-refractivity contribution in [3.8, 4) is 5.75 Å². The molecule has 1 saturated heterocycles. The van der Waals surface area contributed by atoms with Crippen LogP contribution in [0.15, 0.2) is 18.2 Å². The van der Waals surface area contributed by atoms with Crippen molar-refractivity contribution in [1.29, 1.82) is 0 Å². The van der Waals surface area contributed by atoms with Gasteiger partial charge in [-0.1, -0.05) is 45.6 Å². The van der Waals surface area contributed by atoms with Gasteiger partial charge in [0.25, 0.3) is 0 Å². The van der Waals surface area contributed by atoms with E-state index >= 15 is 0 Å². The summed E-state index contributed by atoms with van der Waals surface area (Å²) in [6, 6.07) is 7.73. The summed E-state index contributed by atoms with van der Waals surface area (Å²) >= 11 is 0. The molecule has 3 atom stereocenters. The van der Waals surface area contributed by atoms with E-state index in [-0.39, 0.29) is 0 Å². The molecule has 1 aliphatic heterocycles. The third kappa shape index (κ3) is 2.99. The molecule has 3 aliphatic rings. The van der Waals surface area contributed by atoms with Gasteiger partial charge in [-0.05, 0) is 80.3 Å². The van der Waals surface area contributed by atoms with Crippen molar-refractivity contribution >= 4 is 0 Å². The van der Waals surface area contributed by atoms with Crippen LogP contribution in [0.25, 0.3) is 0 Å². The van der Waals surface area contributed by atoms with Crippen LogP contribution in [0.2, 0.25) is 0 Å². The molecule has 0 aromatic heterocycles. The Morgan fingerprint density at radius 3 is 2.81 bits per heavy atom. The average Bonchev–Trinajstić information content (AvgIpc) is 2.69. The molecule has 4 rings (SSSR count). The van der Waals surface area contributed by atoms with Crippen molar-refractivity contribution in [3.63, 3.8) is 0 Å². The first-order valence-electron chi connectivity index (χ1n) is 11.1. The lowest BCUT2D eigenvalue weighted by molar-refractivity contribution is -0.0137. The van der Waals surface area contributed by atoms with Gasteiger partial charge in [-0.2, -0.15) is 0 Å². The zero-order chi connectivity index (χ0) is 18.1. The highest BCUT2D eigenvalue weighted by Crippen LogP contribution is 2.56. The topological polar surface area (TPSA) is 12.5 Å². The van der Waals surface area contributed by atoms with Gasteiger partial charge < -0.3 is 4.74 Å². The Morgan fingerprint density at radius 2 is 2.04 bits per heavy atom. The van der Waals surface area contributed by atoms with E-state index in [9.17, 15) is 0 Å². The summed E-state index contributed by atoms with van der Waals surface area (Å²) in [7, 11) is 1.81. The molecule has 2 bridgehead atoms. The van der Waals surface area contributed by atoms with Crippen LogP contribution in [0.5, 0.6) is 5.75 Å². The lowest BCUT2D eigenvalue weighted by Gasteiger charge is -2.59. The van der Waals surface area contributed by atoms with Gasteiger partial charge in [-0.15, -0.1) is 0 Å². The Hall–Kier alpha value is -1.02. The molecule has 0 radical (unpaired) electrons. The first-order chi connectivity index (χ1) is 12.7. The number of hydrogen-bond acceptors (Lipinski definition) is 2. The van der Waals surface area contributed by atoms with Crippen molar-refractivity contribution < 1.29 is 4.74 Å². The number of hydrogen-bond donors (Lipinski definition) is 0. The third-order valence-corrected chi connectivity index (χ3v) is 8.14. The standard InChI is InChI=1S/C24H37NO/c1-4-18(5-2)11-14-25-15-13-24-12-7-6-8-21(24)23(25)16-19-9-10-20(26-3)17-22(19)24/h9-10,17-18,21,23H,4-8,11-16H2,1-3H3/t21-,23-,24-/m0/s1. The van der Waals surface area contributed by atoms with Crippen molar-refractivity contribution in [1.82, 2.24) is 4.90 Å². The van der Waals surface area contributed by atoms with Crippen LogP contribution in [0, 0.1) is 11.8 Å². The maximum atomic E-state index is 5.59. The van der Waals surface area contributed by atoms with E-state index in [1.54, 1.807) is 11.1 Å². The van der Waals surface area contributed by atoms with Crippen LogP contribution >= 0.6 is 0 Å². The van der Waals surface area contributed by atoms with E-state index in [1.165, 1.54) is 70.9 Å². The predicted molar refractivity (Wildman–Crippen MR) is 109 cm³/mol. The van der Waals surface area contributed by atoms with Gasteiger partial charge in [0.1, 0.15) is 5.75 Å². The fourth-order valence-electron chi connectivity index (χ4n) is 6.51. The Morgan fingerprint density at radius 1 is 1.19 bits per heavy atom. The molecule has 1 heterocycles. The highest BCUT2D eigenvalue weighted by molar-refractivity contribution is 5.45. The van der Waals surface area contributed by atoms with E-state index in [1.807, 2.05) is 7.11 Å². The maximum Gasteiger partial charge on any atom is 0.119 e. The third-order valence-electron chi connectivity index (χ3n) is 8.14. The minimum Gasteiger partial charge on any atom is -0.497 e. The molecule has 0 unspecified atom stereocenters. The largest absolute Gasteiger partial charge is 0.497 e. The molecular weight excluding hydrogens is 318 g/mol. The fraction of sp³-hybridized carbons (Fsp3) is 0.750. The number of likely N-dealkylation sites (tertiary alicyclic amines) is 1. The van der Waals surface area contributed by atoms with Crippen LogP contribution in [-0.4, -0.2) is 31.1 Å². The van der Waals surface area contributed by atoms with E-state index in [4.69, 9.17) is 4.74 Å². The van der Waals surface area contributed by atoms with Crippen molar-refractivity contribution in [2.24, 2.45) is 11.8 Å². The summed E-state index contributed by atoms with van der Waals surface area (Å²) < 4.78 is 5.59. The molecular formula is C24H37NO. The minimum absolute atomic E-state index is 0.441. The second kappa shape index (κ2) is 7.54. The predicted octanol–water partition coefficient (Wildman–Crippen LogP) is 5.58. The van der Waals surface area contributed by atoms with Gasteiger partial charge in [-0.3, -0.25) is 4.90 Å². The average molecular weight is 356 g/mol. The Labute approximate surface area is 160 Å². The number of benzene rings is 1. The summed E-state index contributed by atoms with van der Waals surface area (Å²) in [6.45, 7) is 7.34. The number of piperidine rings is 1. The van der Waals surface area contributed by atoms with Crippen LogP contribution in [0.3, 0.4) is 0 Å². The summed E-state index contributed by atoms with van der Waals surface area (Å²) in [5, 5.41) is 0. The van der Waals surface area contributed by atoms with Crippen LogP contribution in [-0.2, 0) is 11.8 Å². The molecule has 0 spiro atoms. The lowest BCUT2D eigenvalue weighted by atomic mass is 9.52. The van der Waals surface area contributed by atoms with E-state index < -0.39 is 0 Å². The first kappa shape index (κ1) is 18.3. The van der Waals surface area contributed by atoms with Gasteiger partial charge in [0.2, 0.25) is 0 Å². The van der Waals surface area contributed by atoms with Gasteiger partial charge in [0.15, 0.2) is 0 Å². The number of nitrogens with zero attached hydrogens (tertiary/aromatic N) is 1. The van der Waals surface area contributed by atoms with E-state index in [0.717, 1.165) is 23.6 Å². The summed E-state index contributed by atoms with van der Waals surface area (Å²) in [5.74, 6) is 2.83. The maximum absolute atomic E-state index is 5.59. The molecule has 2 aliphatic carbocycles. The zero-order valence-corrected chi connectivity index (χ0v) is 17.1. The molecule has 26 heavy (non-hydrogen) atoms. The van der Waals surface area contributed by atoms with Crippen molar-refractivity contribution in [2.75, 3.05) is 20.2 Å². The monoisotopic (exact) mass is 355 g/mol. The van der Waals surface area contributed by atoms with Crippen molar-refractivity contribution in [2.45, 2.75) is 83.1 Å². The van der Waals surface area contributed by atoms with Gasteiger partial charge in [-0.25, -0.2) is 0 Å². The number of methoxy groups -OCH3 is 1. The lowest BCUT2D eigenvalue weighted by Crippen LogP contribution is -2.61. The van der Waals surface area contributed by atoms with Gasteiger partial charge in [0.05, 0.1) is 7.11 Å². The van der Waals surface area contributed by atoms with E-state index in [0.29, 0.717) is 5.41 Å². The number of ether oxygens (including phenoxy) is 1. The Kier molecular flexibility index (Phi) is 5.32. The smallest absolute Gasteiger partial charge is 0.119 e. The van der Waals surface area contributed by atoms with Crippen LogP contribution < -0.4 is 4.74 Å². The fourth-order valence-corrected chi connectivity index (χ4v) is 6.51. The molecule has 2 heteroatoms. The SMILES string of the molecule is CCC(CC)CCN1CC[C@@]23CCCC[C@H]2[C@@H]1Cc1ccc(OC)cc13.